The minimum atomic E-state index is -0.109. The van der Waals surface area contributed by atoms with Gasteiger partial charge in [0.25, 0.3) is 0 Å². The fourth-order valence-corrected chi connectivity index (χ4v) is 1.14. The summed E-state index contributed by atoms with van der Waals surface area (Å²) in [6, 6.07) is 0. The van der Waals surface area contributed by atoms with Crippen LogP contribution >= 0.6 is 0 Å². The second kappa shape index (κ2) is 7.90. The van der Waals surface area contributed by atoms with Crippen LogP contribution in [0.1, 0.15) is 13.3 Å². The van der Waals surface area contributed by atoms with E-state index in [1.807, 2.05) is 0 Å². The van der Waals surface area contributed by atoms with E-state index in [0.717, 1.165) is 24.0 Å². The van der Waals surface area contributed by atoms with Gasteiger partial charge in [0, 0.05) is 18.8 Å². The van der Waals surface area contributed by atoms with Crippen molar-refractivity contribution >= 4 is 5.91 Å². The van der Waals surface area contributed by atoms with Crippen LogP contribution in [0.25, 0.3) is 0 Å². The van der Waals surface area contributed by atoms with Gasteiger partial charge in [0.15, 0.2) is 0 Å². The number of rotatable bonds is 8. The highest BCUT2D eigenvalue weighted by molar-refractivity contribution is 5.86. The molecule has 0 radical (unpaired) electrons. The van der Waals surface area contributed by atoms with E-state index in [-0.39, 0.29) is 5.91 Å². The number of hydrogen-bond acceptors (Lipinski definition) is 2. The van der Waals surface area contributed by atoms with Gasteiger partial charge in [0.05, 0.1) is 27.7 Å². The van der Waals surface area contributed by atoms with Gasteiger partial charge in [0.2, 0.25) is 5.91 Å². The largest absolute Gasteiger partial charge is 0.389 e. The molecule has 0 aliphatic carbocycles. The van der Waals surface area contributed by atoms with Crippen LogP contribution in [0.4, 0.5) is 0 Å². The third kappa shape index (κ3) is 11.0. The second-order valence-corrected chi connectivity index (χ2v) is 5.14. The lowest BCUT2D eigenvalue weighted by molar-refractivity contribution is -0.864. The molecule has 2 N–H and O–H groups in total. The van der Waals surface area contributed by atoms with Crippen molar-refractivity contribution in [3.8, 4) is 0 Å². The molecular formula is C13H26N3O+. The molecule has 0 aliphatic heterocycles. The lowest BCUT2D eigenvalue weighted by atomic mass is 10.3. The van der Waals surface area contributed by atoms with E-state index in [2.05, 4.69) is 51.4 Å². The molecule has 0 aliphatic rings. The summed E-state index contributed by atoms with van der Waals surface area (Å²) in [6.07, 6.45) is 4.40. The SMILES string of the molecule is C=CC(=O)NCCCNC(C)=CC[N+](C)(C)C. The second-order valence-electron chi connectivity index (χ2n) is 5.14. The van der Waals surface area contributed by atoms with Gasteiger partial charge in [-0.05, 0) is 25.5 Å². The minimum Gasteiger partial charge on any atom is -0.389 e. The molecule has 0 atom stereocenters. The number of nitrogens with one attached hydrogen (secondary N) is 2. The molecule has 0 aromatic rings. The maximum atomic E-state index is 10.9. The summed E-state index contributed by atoms with van der Waals surface area (Å²) in [5.41, 5.74) is 1.19. The van der Waals surface area contributed by atoms with Crippen LogP contribution < -0.4 is 10.6 Å². The smallest absolute Gasteiger partial charge is 0.243 e. The maximum Gasteiger partial charge on any atom is 0.243 e. The fraction of sp³-hybridized carbons (Fsp3) is 0.615. The first-order chi connectivity index (χ1) is 7.85. The molecule has 4 nitrogen and oxygen atoms in total. The summed E-state index contributed by atoms with van der Waals surface area (Å²) in [6.45, 7) is 8.02. The van der Waals surface area contributed by atoms with Crippen LogP contribution in [-0.4, -0.2) is 51.2 Å². The monoisotopic (exact) mass is 240 g/mol. The lowest BCUT2D eigenvalue weighted by Crippen LogP contribution is -2.34. The Balaban J connectivity index is 3.61. The molecule has 0 spiro atoms. The number of nitrogens with zero attached hydrogens (tertiary/aromatic N) is 1. The van der Waals surface area contributed by atoms with Crippen LogP contribution in [-0.2, 0) is 4.79 Å². The minimum absolute atomic E-state index is 0.109. The Morgan fingerprint density at radius 3 is 2.35 bits per heavy atom. The van der Waals surface area contributed by atoms with E-state index in [9.17, 15) is 4.79 Å². The van der Waals surface area contributed by atoms with Crippen molar-refractivity contribution in [2.24, 2.45) is 0 Å². The summed E-state index contributed by atoms with van der Waals surface area (Å²) in [4.78, 5) is 10.9. The Labute approximate surface area is 105 Å². The molecule has 1 amide bonds. The summed E-state index contributed by atoms with van der Waals surface area (Å²) in [5.74, 6) is -0.109. The number of carbonyl (C=O) groups is 1. The third-order valence-electron chi connectivity index (χ3n) is 2.19. The van der Waals surface area contributed by atoms with Crippen LogP contribution in [0.3, 0.4) is 0 Å². The predicted molar refractivity (Wildman–Crippen MR) is 72.5 cm³/mol. The number of hydrogen-bond donors (Lipinski definition) is 2. The molecule has 0 saturated carbocycles. The van der Waals surface area contributed by atoms with E-state index in [4.69, 9.17) is 0 Å². The molecular weight excluding hydrogens is 214 g/mol. The summed E-state index contributed by atoms with van der Waals surface area (Å²) in [5, 5.41) is 6.06. The number of amides is 1. The van der Waals surface area contributed by atoms with Gasteiger partial charge in [-0.1, -0.05) is 6.58 Å². The number of quaternary nitrogens is 1. The Morgan fingerprint density at radius 1 is 1.24 bits per heavy atom. The van der Waals surface area contributed by atoms with Crippen molar-refractivity contribution in [1.82, 2.24) is 10.6 Å². The van der Waals surface area contributed by atoms with Crippen LogP contribution in [0, 0.1) is 0 Å². The average molecular weight is 240 g/mol. The summed E-state index contributed by atoms with van der Waals surface area (Å²) >= 11 is 0. The normalized spacial score (nSPS) is 12.1. The lowest BCUT2D eigenvalue weighted by Gasteiger charge is -2.22. The Kier molecular flexibility index (Phi) is 7.30. The highest BCUT2D eigenvalue weighted by Gasteiger charge is 2.03. The first-order valence-electron chi connectivity index (χ1n) is 5.96. The Morgan fingerprint density at radius 2 is 1.82 bits per heavy atom. The third-order valence-corrected chi connectivity index (χ3v) is 2.19. The highest BCUT2D eigenvalue weighted by atomic mass is 16.1. The summed E-state index contributed by atoms with van der Waals surface area (Å²) in [7, 11) is 6.48. The van der Waals surface area contributed by atoms with Crippen molar-refractivity contribution in [3.63, 3.8) is 0 Å². The molecule has 17 heavy (non-hydrogen) atoms. The van der Waals surface area contributed by atoms with Crippen molar-refractivity contribution in [2.45, 2.75) is 13.3 Å². The average Bonchev–Trinajstić information content (AvgIpc) is 2.24. The van der Waals surface area contributed by atoms with Gasteiger partial charge in [-0.3, -0.25) is 4.79 Å². The first kappa shape index (κ1) is 15.7. The molecule has 0 aromatic heterocycles. The van der Waals surface area contributed by atoms with Crippen LogP contribution in [0.2, 0.25) is 0 Å². The maximum absolute atomic E-state index is 10.9. The highest BCUT2D eigenvalue weighted by Crippen LogP contribution is 1.94. The fourth-order valence-electron chi connectivity index (χ4n) is 1.14. The molecule has 0 rings (SSSR count). The topological polar surface area (TPSA) is 41.1 Å². The molecule has 0 aromatic carbocycles. The molecule has 0 bridgehead atoms. The van der Waals surface area contributed by atoms with Gasteiger partial charge in [0.1, 0.15) is 0 Å². The van der Waals surface area contributed by atoms with Crippen molar-refractivity contribution in [3.05, 3.63) is 24.4 Å². The quantitative estimate of drug-likeness (QED) is 0.376. The molecule has 98 valence electrons. The Bertz CT molecular complexity index is 277. The van der Waals surface area contributed by atoms with E-state index in [1.54, 1.807) is 0 Å². The molecule has 0 fully saturated rings. The van der Waals surface area contributed by atoms with E-state index in [1.165, 1.54) is 11.8 Å². The Hall–Kier alpha value is -1.29. The first-order valence-corrected chi connectivity index (χ1v) is 5.96. The van der Waals surface area contributed by atoms with E-state index >= 15 is 0 Å². The van der Waals surface area contributed by atoms with Crippen molar-refractivity contribution < 1.29 is 9.28 Å². The standard InChI is InChI=1S/C13H25N3O/c1-6-13(17)15-10-7-9-14-12(2)8-11-16(3,4)5/h6,8,14H,1,7,9-11H2,2-5H3/p+1. The van der Waals surface area contributed by atoms with Gasteiger partial charge in [-0.25, -0.2) is 0 Å². The number of allylic oxidation sites excluding steroid dienone is 1. The number of likely N-dealkylation sites (N-methyl/N-ethyl adjacent to an activating group) is 1. The molecule has 0 unspecified atom stereocenters. The molecule has 0 saturated heterocycles. The van der Waals surface area contributed by atoms with E-state index in [0.29, 0.717) is 6.54 Å². The van der Waals surface area contributed by atoms with Gasteiger partial charge in [-0.2, -0.15) is 0 Å². The van der Waals surface area contributed by atoms with Gasteiger partial charge in [-0.15, -0.1) is 0 Å². The summed E-state index contributed by atoms with van der Waals surface area (Å²) < 4.78 is 0.925. The molecule has 4 heteroatoms. The zero-order chi connectivity index (χ0) is 13.3. The zero-order valence-electron chi connectivity index (χ0n) is 11.5. The predicted octanol–water partition coefficient (Wildman–Crippen LogP) is 0.878. The van der Waals surface area contributed by atoms with Crippen molar-refractivity contribution in [2.75, 3.05) is 40.8 Å². The zero-order valence-corrected chi connectivity index (χ0v) is 11.5. The van der Waals surface area contributed by atoms with E-state index < -0.39 is 0 Å². The van der Waals surface area contributed by atoms with Crippen LogP contribution in [0.15, 0.2) is 24.4 Å². The molecule has 0 heterocycles. The van der Waals surface area contributed by atoms with Gasteiger partial charge >= 0.3 is 0 Å². The number of carbonyl (C=O) groups excluding carboxylic acids is 1. The van der Waals surface area contributed by atoms with Crippen LogP contribution in [0.5, 0.6) is 0 Å². The van der Waals surface area contributed by atoms with Crippen molar-refractivity contribution in [1.29, 1.82) is 0 Å². The van der Waals surface area contributed by atoms with Gasteiger partial charge < -0.3 is 15.1 Å².